The lowest BCUT2D eigenvalue weighted by molar-refractivity contribution is -0.124. The Kier molecular flexibility index (Phi) is 36.8. The summed E-state index contributed by atoms with van der Waals surface area (Å²) >= 11 is 0. The quantitative estimate of drug-likeness (QED) is 0.0453. The highest BCUT2D eigenvalue weighted by atomic mass is 16.3. The van der Waals surface area contributed by atoms with Crippen molar-refractivity contribution in [3.8, 4) is 0 Å². The molecule has 0 unspecified atom stereocenters. The smallest absolute Gasteiger partial charge is 0.221 e. The molecule has 0 atom stereocenters. The van der Waals surface area contributed by atoms with Crippen LogP contribution in [0.2, 0.25) is 0 Å². The lowest BCUT2D eigenvalue weighted by Crippen LogP contribution is -2.53. The highest BCUT2D eigenvalue weighted by molar-refractivity contribution is 5.79. The molecule has 0 aliphatic rings. The summed E-state index contributed by atoms with van der Waals surface area (Å²) in [5.41, 5.74) is 0. The van der Waals surface area contributed by atoms with Crippen molar-refractivity contribution in [2.75, 3.05) is 26.7 Å². The van der Waals surface area contributed by atoms with Crippen LogP contribution in [0.5, 0.6) is 0 Å². The fraction of sp³-hybridized carbons (Fsp3) is 0.951. The van der Waals surface area contributed by atoms with Crippen LogP contribution in [0.3, 0.4) is 0 Å². The van der Waals surface area contributed by atoms with Crippen molar-refractivity contribution in [1.29, 1.82) is 0 Å². The van der Waals surface area contributed by atoms with E-state index in [1.807, 2.05) is 11.9 Å². The van der Waals surface area contributed by atoms with Gasteiger partial charge in [0.1, 0.15) is 6.17 Å². The Balaban J connectivity index is 3.89. The van der Waals surface area contributed by atoms with E-state index < -0.39 is 6.17 Å². The minimum absolute atomic E-state index is 0.00867. The van der Waals surface area contributed by atoms with Gasteiger partial charge in [0.15, 0.2) is 0 Å². The molecule has 2 amide bonds. The van der Waals surface area contributed by atoms with Gasteiger partial charge < -0.3 is 20.6 Å². The summed E-state index contributed by atoms with van der Waals surface area (Å²) in [6.45, 7) is 5.62. The first-order valence-corrected chi connectivity index (χ1v) is 20.9. The summed E-state index contributed by atoms with van der Waals surface area (Å²) in [6, 6.07) is 0. The van der Waals surface area contributed by atoms with E-state index in [9.17, 15) is 14.7 Å². The number of carbonyl (C=O) groups is 2. The molecule has 6 nitrogen and oxygen atoms in total. The van der Waals surface area contributed by atoms with Crippen molar-refractivity contribution >= 4 is 11.8 Å². The van der Waals surface area contributed by atoms with E-state index in [0.29, 0.717) is 25.9 Å². The number of rotatable bonds is 38. The van der Waals surface area contributed by atoms with Gasteiger partial charge in [0.05, 0.1) is 6.61 Å². The molecular formula is C41H83N3O3. The topological polar surface area (TPSA) is 81.7 Å². The molecule has 47 heavy (non-hydrogen) atoms. The van der Waals surface area contributed by atoms with Gasteiger partial charge in [-0.3, -0.25) is 9.59 Å². The molecule has 280 valence electrons. The number of amides is 2. The van der Waals surface area contributed by atoms with Gasteiger partial charge in [-0.1, -0.05) is 194 Å². The zero-order valence-corrected chi connectivity index (χ0v) is 32.0. The van der Waals surface area contributed by atoms with Crippen LogP contribution in [0.4, 0.5) is 0 Å². The first-order chi connectivity index (χ1) is 23.0. The highest BCUT2D eigenvalue weighted by Gasteiger charge is 2.17. The second-order valence-corrected chi connectivity index (χ2v) is 14.6. The number of aliphatic hydroxyl groups excluding tert-OH is 1. The van der Waals surface area contributed by atoms with E-state index in [1.165, 1.54) is 167 Å². The Morgan fingerprint density at radius 1 is 0.468 bits per heavy atom. The van der Waals surface area contributed by atoms with Gasteiger partial charge in [0, 0.05) is 25.9 Å². The van der Waals surface area contributed by atoms with Gasteiger partial charge in [-0.2, -0.15) is 0 Å². The zero-order chi connectivity index (χ0) is 34.5. The van der Waals surface area contributed by atoms with Crippen molar-refractivity contribution in [2.24, 2.45) is 0 Å². The predicted octanol–water partition coefficient (Wildman–Crippen LogP) is 11.0. The molecule has 0 heterocycles. The molecule has 0 fully saturated rings. The van der Waals surface area contributed by atoms with Crippen molar-refractivity contribution < 1.29 is 14.7 Å². The van der Waals surface area contributed by atoms with Crippen molar-refractivity contribution in [3.05, 3.63) is 0 Å². The summed E-state index contributed by atoms with van der Waals surface area (Å²) in [5, 5.41) is 15.4. The van der Waals surface area contributed by atoms with Crippen LogP contribution >= 0.6 is 0 Å². The number of nitrogens with one attached hydrogen (secondary N) is 2. The molecule has 0 aliphatic carbocycles. The van der Waals surface area contributed by atoms with Crippen LogP contribution in [-0.4, -0.2) is 54.7 Å². The Morgan fingerprint density at radius 3 is 0.979 bits per heavy atom. The molecule has 0 aromatic heterocycles. The number of aliphatic hydroxyl groups is 1. The summed E-state index contributed by atoms with van der Waals surface area (Å²) in [4.78, 5) is 27.3. The zero-order valence-electron chi connectivity index (χ0n) is 32.0. The van der Waals surface area contributed by atoms with E-state index in [0.717, 1.165) is 25.7 Å². The molecule has 6 heteroatoms. The molecule has 3 N–H and O–H groups in total. The van der Waals surface area contributed by atoms with Crippen molar-refractivity contribution in [1.82, 2.24) is 15.5 Å². The molecule has 0 aromatic rings. The van der Waals surface area contributed by atoms with Crippen molar-refractivity contribution in [2.45, 2.75) is 225 Å². The normalized spacial score (nSPS) is 11.5. The summed E-state index contributed by atoms with van der Waals surface area (Å²) in [5.74, 6) is 0.0173. The average Bonchev–Trinajstić information content (AvgIpc) is 3.04. The molecule has 0 rings (SSSR count). The maximum absolute atomic E-state index is 12.7. The first-order valence-electron chi connectivity index (χ1n) is 20.9. The number of unbranched alkanes of at least 4 members (excludes halogenated alkanes) is 28. The Hall–Kier alpha value is -1.14. The van der Waals surface area contributed by atoms with Crippen LogP contribution in [0, 0.1) is 0 Å². The average molecular weight is 666 g/mol. The minimum Gasteiger partial charge on any atom is -0.395 e. The van der Waals surface area contributed by atoms with E-state index in [4.69, 9.17) is 0 Å². The molecule has 0 aromatic carbocycles. The van der Waals surface area contributed by atoms with Crippen LogP contribution in [0.15, 0.2) is 0 Å². The largest absolute Gasteiger partial charge is 0.395 e. The molecule has 0 spiro atoms. The molecule has 0 aliphatic heterocycles. The lowest BCUT2D eigenvalue weighted by atomic mass is 10.0. The predicted molar refractivity (Wildman–Crippen MR) is 204 cm³/mol. The Bertz CT molecular complexity index is 612. The van der Waals surface area contributed by atoms with Crippen molar-refractivity contribution in [3.63, 3.8) is 0 Å². The summed E-state index contributed by atoms with van der Waals surface area (Å²) < 4.78 is 0. The Morgan fingerprint density at radius 2 is 0.723 bits per heavy atom. The van der Waals surface area contributed by atoms with Crippen LogP contribution in [0.25, 0.3) is 0 Å². The number of hydrogen-bond donors (Lipinski definition) is 3. The third-order valence-electron chi connectivity index (χ3n) is 9.66. The van der Waals surface area contributed by atoms with Gasteiger partial charge in [-0.05, 0) is 19.9 Å². The number of likely N-dealkylation sites (N-methyl/N-ethyl adjacent to an activating group) is 1. The van der Waals surface area contributed by atoms with E-state index in [-0.39, 0.29) is 18.4 Å². The summed E-state index contributed by atoms with van der Waals surface area (Å²) in [7, 11) is 1.91. The van der Waals surface area contributed by atoms with Gasteiger partial charge >= 0.3 is 0 Å². The molecule has 0 bridgehead atoms. The maximum atomic E-state index is 12.7. The summed E-state index contributed by atoms with van der Waals surface area (Å²) in [6.07, 6.45) is 39.9. The van der Waals surface area contributed by atoms with E-state index in [1.54, 1.807) is 0 Å². The standard InChI is InChI=1S/C41H83N3O3/c1-4-6-8-10-12-14-16-18-20-22-24-26-28-30-32-34-40(46)42-39(38-44(3)36-37-45)43-41(47)35-33-31-29-27-25-23-21-19-17-15-13-11-9-7-5-2/h39,45H,4-38H2,1-3H3,(H,42,46)(H,43,47). The number of carbonyl (C=O) groups excluding carboxylic acids is 2. The monoisotopic (exact) mass is 666 g/mol. The van der Waals surface area contributed by atoms with Crippen LogP contribution in [0.1, 0.15) is 219 Å². The Labute approximate surface area is 293 Å². The van der Waals surface area contributed by atoms with Gasteiger partial charge in [0.25, 0.3) is 0 Å². The minimum atomic E-state index is -0.417. The lowest BCUT2D eigenvalue weighted by Gasteiger charge is -2.25. The SMILES string of the molecule is CCCCCCCCCCCCCCCCCC(=O)NC(CN(C)CCO)NC(=O)CCCCCCCCCCCCCCCCC. The second-order valence-electron chi connectivity index (χ2n) is 14.6. The third-order valence-corrected chi connectivity index (χ3v) is 9.66. The molecule has 0 saturated heterocycles. The fourth-order valence-electron chi connectivity index (χ4n) is 6.55. The second kappa shape index (κ2) is 37.7. The number of nitrogens with zero attached hydrogens (tertiary/aromatic N) is 1. The molecule has 0 saturated carbocycles. The van der Waals surface area contributed by atoms with Gasteiger partial charge in [0.2, 0.25) is 11.8 Å². The highest BCUT2D eigenvalue weighted by Crippen LogP contribution is 2.15. The van der Waals surface area contributed by atoms with E-state index >= 15 is 0 Å². The fourth-order valence-corrected chi connectivity index (χ4v) is 6.55. The van der Waals surface area contributed by atoms with Crippen LogP contribution in [-0.2, 0) is 9.59 Å². The number of hydrogen-bond acceptors (Lipinski definition) is 4. The first kappa shape index (κ1) is 45.9. The molecule has 0 radical (unpaired) electrons. The van der Waals surface area contributed by atoms with E-state index in [2.05, 4.69) is 24.5 Å². The van der Waals surface area contributed by atoms with Gasteiger partial charge in [-0.15, -0.1) is 0 Å². The van der Waals surface area contributed by atoms with Gasteiger partial charge in [-0.25, -0.2) is 0 Å². The van der Waals surface area contributed by atoms with Crippen LogP contribution < -0.4 is 10.6 Å². The maximum Gasteiger partial charge on any atom is 0.221 e. The molecular weight excluding hydrogens is 582 g/mol. The third kappa shape index (κ3) is 36.0.